The van der Waals surface area contributed by atoms with Crippen molar-refractivity contribution in [1.29, 1.82) is 0 Å². The fourth-order valence-corrected chi connectivity index (χ4v) is 4.44. The van der Waals surface area contributed by atoms with Gasteiger partial charge in [0, 0.05) is 30.9 Å². The first-order chi connectivity index (χ1) is 12.5. The van der Waals surface area contributed by atoms with Crippen molar-refractivity contribution in [1.82, 2.24) is 4.72 Å². The highest BCUT2D eigenvalue weighted by Gasteiger charge is 2.14. The third-order valence-corrected chi connectivity index (χ3v) is 6.01. The first kappa shape index (κ1) is 18.9. The van der Waals surface area contributed by atoms with Gasteiger partial charge in [-0.05, 0) is 49.4 Å². The molecule has 1 saturated heterocycles. The Morgan fingerprint density at radius 1 is 1.00 bits per heavy atom. The Kier molecular flexibility index (Phi) is 6.27. The van der Waals surface area contributed by atoms with Crippen LogP contribution >= 0.6 is 0 Å². The molecule has 0 atom stereocenters. The molecule has 6 heteroatoms. The number of nitrogens with one attached hydrogen (secondary N) is 1. The first-order valence-electron chi connectivity index (χ1n) is 9.08. The van der Waals surface area contributed by atoms with Crippen LogP contribution in [0.25, 0.3) is 0 Å². The predicted octanol–water partition coefficient (Wildman–Crippen LogP) is 3.48. The van der Waals surface area contributed by atoms with Crippen LogP contribution in [0.15, 0.2) is 48.5 Å². The maximum atomic E-state index is 13.6. The molecule has 1 aliphatic rings. The van der Waals surface area contributed by atoms with Crippen LogP contribution in [-0.4, -0.2) is 28.1 Å². The molecular formula is C20H25FN2O2S. The van der Waals surface area contributed by atoms with Crippen LogP contribution < -0.4 is 9.62 Å². The van der Waals surface area contributed by atoms with Crippen LogP contribution in [0.4, 0.5) is 10.1 Å². The number of halogens is 1. The van der Waals surface area contributed by atoms with E-state index in [4.69, 9.17) is 0 Å². The Morgan fingerprint density at radius 3 is 2.38 bits per heavy atom. The molecular weight excluding hydrogens is 351 g/mol. The molecule has 1 aliphatic heterocycles. The van der Waals surface area contributed by atoms with E-state index in [2.05, 4.69) is 33.9 Å². The Morgan fingerprint density at radius 2 is 1.69 bits per heavy atom. The second kappa shape index (κ2) is 8.64. The second-order valence-corrected chi connectivity index (χ2v) is 8.52. The summed E-state index contributed by atoms with van der Waals surface area (Å²) in [5, 5.41) is 0. The molecule has 1 N–H and O–H groups in total. The minimum atomic E-state index is -3.53. The number of sulfonamides is 1. The Labute approximate surface area is 155 Å². The molecule has 26 heavy (non-hydrogen) atoms. The molecule has 1 heterocycles. The molecule has 1 fully saturated rings. The number of aryl methyl sites for hydroxylation is 1. The van der Waals surface area contributed by atoms with Gasteiger partial charge in [0.15, 0.2) is 0 Å². The Bertz CT molecular complexity index is 816. The average Bonchev–Trinajstić information content (AvgIpc) is 3.16. The predicted molar refractivity (Wildman–Crippen MR) is 103 cm³/mol. The summed E-state index contributed by atoms with van der Waals surface area (Å²) in [6.45, 7) is 2.61. The van der Waals surface area contributed by atoms with E-state index in [0.29, 0.717) is 13.0 Å². The largest absolute Gasteiger partial charge is 0.372 e. The molecule has 0 saturated carbocycles. The van der Waals surface area contributed by atoms with E-state index in [9.17, 15) is 12.8 Å². The highest BCUT2D eigenvalue weighted by molar-refractivity contribution is 7.88. The van der Waals surface area contributed by atoms with Gasteiger partial charge >= 0.3 is 0 Å². The molecule has 0 radical (unpaired) electrons. The van der Waals surface area contributed by atoms with Gasteiger partial charge < -0.3 is 4.90 Å². The number of rotatable bonds is 8. The van der Waals surface area contributed by atoms with Gasteiger partial charge in [-0.1, -0.05) is 30.3 Å². The highest BCUT2D eigenvalue weighted by atomic mass is 32.2. The van der Waals surface area contributed by atoms with Gasteiger partial charge in [0.25, 0.3) is 0 Å². The molecule has 0 spiro atoms. The summed E-state index contributed by atoms with van der Waals surface area (Å²) in [5.41, 5.74) is 2.65. The van der Waals surface area contributed by atoms with Crippen molar-refractivity contribution in [2.75, 3.05) is 24.5 Å². The van der Waals surface area contributed by atoms with E-state index in [-0.39, 0.29) is 11.3 Å². The van der Waals surface area contributed by atoms with Crippen molar-refractivity contribution in [3.63, 3.8) is 0 Å². The van der Waals surface area contributed by atoms with E-state index in [0.717, 1.165) is 19.5 Å². The first-order valence-corrected chi connectivity index (χ1v) is 10.7. The maximum Gasteiger partial charge on any atom is 0.215 e. The normalized spacial score (nSPS) is 14.7. The number of anilines is 1. The molecule has 0 amide bonds. The number of hydrogen-bond donors (Lipinski definition) is 1. The van der Waals surface area contributed by atoms with Crippen molar-refractivity contribution in [2.45, 2.75) is 31.4 Å². The molecule has 4 nitrogen and oxygen atoms in total. The maximum absolute atomic E-state index is 13.6. The van der Waals surface area contributed by atoms with Crippen LogP contribution in [0.1, 0.15) is 30.4 Å². The smallest absolute Gasteiger partial charge is 0.215 e. The van der Waals surface area contributed by atoms with Gasteiger partial charge in [0.2, 0.25) is 10.0 Å². The monoisotopic (exact) mass is 376 g/mol. The zero-order chi connectivity index (χ0) is 18.4. The quantitative estimate of drug-likeness (QED) is 0.718. The SMILES string of the molecule is O=S(=O)(Cc1ccccc1F)NCCCc1ccc(N2CCCC2)cc1. The minimum absolute atomic E-state index is 0.192. The van der Waals surface area contributed by atoms with E-state index in [1.54, 1.807) is 12.1 Å². The standard InChI is InChI=1S/C20H25FN2O2S/c21-20-8-2-1-7-18(20)16-26(24,25)22-13-5-6-17-9-11-19(12-10-17)23-14-3-4-15-23/h1-2,7-12,22H,3-6,13-16H2. The average molecular weight is 376 g/mol. The van der Waals surface area contributed by atoms with Crippen molar-refractivity contribution >= 4 is 15.7 Å². The lowest BCUT2D eigenvalue weighted by atomic mass is 10.1. The molecule has 0 aromatic heterocycles. The zero-order valence-corrected chi connectivity index (χ0v) is 15.6. The molecule has 3 rings (SSSR count). The third-order valence-electron chi connectivity index (χ3n) is 4.68. The van der Waals surface area contributed by atoms with Crippen LogP contribution in [0, 0.1) is 5.82 Å². The second-order valence-electron chi connectivity index (χ2n) is 6.71. The van der Waals surface area contributed by atoms with Gasteiger partial charge in [-0.2, -0.15) is 0 Å². The summed E-state index contributed by atoms with van der Waals surface area (Å²) in [6.07, 6.45) is 4.03. The van der Waals surface area contributed by atoms with Crippen molar-refractivity contribution in [2.24, 2.45) is 0 Å². The van der Waals surface area contributed by atoms with E-state index in [1.165, 1.54) is 36.2 Å². The fourth-order valence-electron chi connectivity index (χ4n) is 3.24. The van der Waals surface area contributed by atoms with Gasteiger partial charge in [-0.3, -0.25) is 0 Å². The number of nitrogens with zero attached hydrogens (tertiary/aromatic N) is 1. The molecule has 0 bridgehead atoms. The molecule has 140 valence electrons. The zero-order valence-electron chi connectivity index (χ0n) is 14.8. The van der Waals surface area contributed by atoms with Gasteiger partial charge in [0.1, 0.15) is 5.82 Å². The Balaban J connectivity index is 1.44. The van der Waals surface area contributed by atoms with E-state index >= 15 is 0 Å². The molecule has 2 aromatic carbocycles. The van der Waals surface area contributed by atoms with Crippen LogP contribution in [0.5, 0.6) is 0 Å². The van der Waals surface area contributed by atoms with Crippen molar-refractivity contribution < 1.29 is 12.8 Å². The van der Waals surface area contributed by atoms with Crippen molar-refractivity contribution in [3.8, 4) is 0 Å². The molecule has 0 aliphatic carbocycles. The lowest BCUT2D eigenvalue weighted by molar-refractivity contribution is 0.572. The van der Waals surface area contributed by atoms with Gasteiger partial charge in [-0.15, -0.1) is 0 Å². The highest BCUT2D eigenvalue weighted by Crippen LogP contribution is 2.20. The minimum Gasteiger partial charge on any atom is -0.372 e. The van der Waals surface area contributed by atoms with Gasteiger partial charge in [0.05, 0.1) is 5.75 Å². The summed E-state index contributed by atoms with van der Waals surface area (Å²) in [4.78, 5) is 2.39. The number of hydrogen-bond acceptors (Lipinski definition) is 3. The number of benzene rings is 2. The fraction of sp³-hybridized carbons (Fsp3) is 0.400. The Hall–Kier alpha value is -1.92. The topological polar surface area (TPSA) is 49.4 Å². The lowest BCUT2D eigenvalue weighted by Crippen LogP contribution is -2.26. The van der Waals surface area contributed by atoms with Crippen LogP contribution in [0.3, 0.4) is 0 Å². The van der Waals surface area contributed by atoms with Crippen molar-refractivity contribution in [3.05, 3.63) is 65.5 Å². The molecule has 2 aromatic rings. The summed E-state index contributed by atoms with van der Waals surface area (Å²) < 4.78 is 40.3. The summed E-state index contributed by atoms with van der Waals surface area (Å²) in [7, 11) is -3.53. The van der Waals surface area contributed by atoms with Crippen LogP contribution in [0.2, 0.25) is 0 Å². The summed E-state index contributed by atoms with van der Waals surface area (Å²) in [6, 6.07) is 14.5. The molecule has 0 unspecified atom stereocenters. The van der Waals surface area contributed by atoms with E-state index < -0.39 is 15.8 Å². The summed E-state index contributed by atoms with van der Waals surface area (Å²) in [5.74, 6) is -0.819. The lowest BCUT2D eigenvalue weighted by Gasteiger charge is -2.17. The van der Waals surface area contributed by atoms with Gasteiger partial charge in [-0.25, -0.2) is 17.5 Å². The van der Waals surface area contributed by atoms with E-state index in [1.807, 2.05) is 0 Å². The van der Waals surface area contributed by atoms with Crippen LogP contribution in [-0.2, 0) is 22.2 Å². The summed E-state index contributed by atoms with van der Waals surface area (Å²) >= 11 is 0. The third kappa shape index (κ3) is 5.29.